The van der Waals surface area contributed by atoms with Crippen molar-refractivity contribution >= 4 is 14.1 Å². The summed E-state index contributed by atoms with van der Waals surface area (Å²) in [5.74, 6) is 0.178. The highest BCUT2D eigenvalue weighted by atomic mass is 28.4. The average molecular weight is 280 g/mol. The highest BCUT2D eigenvalue weighted by Crippen LogP contribution is 2.34. The van der Waals surface area contributed by atoms with Gasteiger partial charge in [-0.05, 0) is 38.6 Å². The molecule has 1 aliphatic rings. The SMILES string of the molecule is CCCC=C1C=CC(CCCC)(O[Si](C)(C)C)C1=O. The number of ketones is 1. The van der Waals surface area contributed by atoms with E-state index < -0.39 is 13.9 Å². The van der Waals surface area contributed by atoms with E-state index in [2.05, 4.69) is 39.6 Å². The van der Waals surface area contributed by atoms with Gasteiger partial charge in [0.1, 0.15) is 5.60 Å². The van der Waals surface area contributed by atoms with Gasteiger partial charge >= 0.3 is 0 Å². The molecule has 0 aromatic heterocycles. The Balaban J connectivity index is 2.94. The lowest BCUT2D eigenvalue weighted by atomic mass is 9.93. The van der Waals surface area contributed by atoms with Gasteiger partial charge in [-0.3, -0.25) is 4.79 Å². The fourth-order valence-corrected chi connectivity index (χ4v) is 3.75. The number of carbonyl (C=O) groups is 1. The van der Waals surface area contributed by atoms with Crippen LogP contribution in [0.15, 0.2) is 23.8 Å². The third-order valence-corrected chi connectivity index (χ3v) is 4.20. The molecule has 0 fully saturated rings. The molecule has 0 aromatic carbocycles. The predicted molar refractivity (Wildman–Crippen MR) is 83.8 cm³/mol. The molecule has 0 aliphatic heterocycles. The normalized spacial score (nSPS) is 25.5. The number of hydrogen-bond donors (Lipinski definition) is 0. The van der Waals surface area contributed by atoms with Crippen LogP contribution < -0.4 is 0 Å². The summed E-state index contributed by atoms with van der Waals surface area (Å²) in [6.45, 7) is 10.7. The lowest BCUT2D eigenvalue weighted by Crippen LogP contribution is -2.45. The molecule has 0 heterocycles. The van der Waals surface area contributed by atoms with Crippen LogP contribution in [0.1, 0.15) is 46.0 Å². The lowest BCUT2D eigenvalue weighted by Gasteiger charge is -2.33. The van der Waals surface area contributed by atoms with Crippen molar-refractivity contribution in [3.05, 3.63) is 23.8 Å². The second-order valence-electron chi connectivity index (χ2n) is 6.32. The monoisotopic (exact) mass is 280 g/mol. The summed E-state index contributed by atoms with van der Waals surface area (Å²) in [5.41, 5.74) is 0.177. The quantitative estimate of drug-likeness (QED) is 0.502. The average Bonchev–Trinajstić information content (AvgIpc) is 2.60. The number of hydrogen-bond acceptors (Lipinski definition) is 2. The van der Waals surface area contributed by atoms with E-state index in [-0.39, 0.29) is 5.78 Å². The third kappa shape index (κ3) is 4.43. The summed E-state index contributed by atoms with van der Waals surface area (Å²) < 4.78 is 6.27. The van der Waals surface area contributed by atoms with Crippen LogP contribution in [0.25, 0.3) is 0 Å². The molecule has 0 radical (unpaired) electrons. The second kappa shape index (κ2) is 6.66. The third-order valence-electron chi connectivity index (χ3n) is 3.22. The summed E-state index contributed by atoms with van der Waals surface area (Å²) in [6, 6.07) is 0. The van der Waals surface area contributed by atoms with Crippen molar-refractivity contribution in [2.75, 3.05) is 0 Å². The Bertz CT molecular complexity index is 377. The molecule has 2 nitrogen and oxygen atoms in total. The molecule has 0 aromatic rings. The van der Waals surface area contributed by atoms with E-state index in [9.17, 15) is 4.79 Å². The van der Waals surface area contributed by atoms with Gasteiger partial charge in [-0.25, -0.2) is 0 Å². The lowest BCUT2D eigenvalue weighted by molar-refractivity contribution is -0.126. The van der Waals surface area contributed by atoms with Gasteiger partial charge in [0.05, 0.1) is 0 Å². The first-order chi connectivity index (χ1) is 8.84. The van der Waals surface area contributed by atoms with Crippen molar-refractivity contribution in [3.8, 4) is 0 Å². The number of unbranched alkanes of at least 4 members (excludes halogenated alkanes) is 2. The number of rotatable bonds is 7. The summed E-state index contributed by atoms with van der Waals surface area (Å²) in [7, 11) is -1.75. The van der Waals surface area contributed by atoms with Gasteiger partial charge in [-0.15, -0.1) is 0 Å². The summed E-state index contributed by atoms with van der Waals surface area (Å²) in [6.07, 6.45) is 11.0. The van der Waals surface area contributed by atoms with E-state index in [0.29, 0.717) is 0 Å². The summed E-state index contributed by atoms with van der Waals surface area (Å²) in [4.78, 5) is 12.7. The van der Waals surface area contributed by atoms with Crippen LogP contribution in [0.3, 0.4) is 0 Å². The van der Waals surface area contributed by atoms with E-state index in [4.69, 9.17) is 4.43 Å². The first kappa shape index (κ1) is 16.4. The van der Waals surface area contributed by atoms with Crippen LogP contribution in [-0.2, 0) is 9.22 Å². The molecule has 19 heavy (non-hydrogen) atoms. The highest BCUT2D eigenvalue weighted by Gasteiger charge is 2.44. The van der Waals surface area contributed by atoms with Crippen molar-refractivity contribution in [2.24, 2.45) is 0 Å². The van der Waals surface area contributed by atoms with E-state index in [0.717, 1.165) is 37.7 Å². The predicted octanol–water partition coefficient (Wildman–Crippen LogP) is 4.63. The van der Waals surface area contributed by atoms with Crippen LogP contribution in [0.2, 0.25) is 19.6 Å². The molecule has 3 heteroatoms. The molecule has 1 aliphatic carbocycles. The Labute approximate surface area is 119 Å². The zero-order valence-corrected chi connectivity index (χ0v) is 14.1. The largest absolute Gasteiger partial charge is 0.402 e. The smallest absolute Gasteiger partial charge is 0.197 e. The van der Waals surface area contributed by atoms with Gasteiger partial charge in [0.25, 0.3) is 0 Å². The van der Waals surface area contributed by atoms with Crippen LogP contribution in [-0.4, -0.2) is 19.7 Å². The Morgan fingerprint density at radius 1 is 1.26 bits per heavy atom. The van der Waals surface area contributed by atoms with Crippen molar-refractivity contribution in [3.63, 3.8) is 0 Å². The maximum atomic E-state index is 12.7. The Hall–Kier alpha value is -0.673. The molecule has 1 unspecified atom stereocenters. The van der Waals surface area contributed by atoms with Crippen molar-refractivity contribution in [1.29, 1.82) is 0 Å². The first-order valence-corrected chi connectivity index (χ1v) is 10.9. The second-order valence-corrected chi connectivity index (χ2v) is 10.7. The van der Waals surface area contributed by atoms with Crippen molar-refractivity contribution < 1.29 is 9.22 Å². The first-order valence-electron chi connectivity index (χ1n) is 7.49. The highest BCUT2D eigenvalue weighted by molar-refractivity contribution is 6.70. The maximum Gasteiger partial charge on any atom is 0.197 e. The molecule has 0 N–H and O–H groups in total. The van der Waals surface area contributed by atoms with E-state index in [1.54, 1.807) is 0 Å². The van der Waals surface area contributed by atoms with Gasteiger partial charge in [-0.2, -0.15) is 0 Å². The Morgan fingerprint density at radius 2 is 1.95 bits per heavy atom. The topological polar surface area (TPSA) is 26.3 Å². The minimum absolute atomic E-state index is 0.178. The molecule has 108 valence electrons. The molecular formula is C16H28O2Si. The number of allylic oxidation sites excluding steroid dienone is 2. The van der Waals surface area contributed by atoms with Gasteiger partial charge in [0, 0.05) is 5.57 Å². The van der Waals surface area contributed by atoms with Crippen molar-refractivity contribution in [1.82, 2.24) is 0 Å². The minimum Gasteiger partial charge on any atom is -0.402 e. The fourth-order valence-electron chi connectivity index (χ4n) is 2.39. The zero-order valence-electron chi connectivity index (χ0n) is 13.1. The molecule has 0 spiro atoms. The fraction of sp³-hybridized carbons (Fsp3) is 0.688. The maximum absolute atomic E-state index is 12.7. The Kier molecular flexibility index (Phi) is 5.75. The van der Waals surface area contributed by atoms with E-state index in [1.807, 2.05) is 12.2 Å². The van der Waals surface area contributed by atoms with Crippen LogP contribution in [0, 0.1) is 0 Å². The molecule has 0 saturated carbocycles. The molecule has 1 rings (SSSR count). The number of carbonyl (C=O) groups excluding carboxylic acids is 1. The summed E-state index contributed by atoms with van der Waals surface area (Å²) in [5, 5.41) is 0. The van der Waals surface area contributed by atoms with Crippen LogP contribution in [0.5, 0.6) is 0 Å². The van der Waals surface area contributed by atoms with Crippen LogP contribution >= 0.6 is 0 Å². The molecule has 0 bridgehead atoms. The molecule has 0 saturated heterocycles. The van der Waals surface area contributed by atoms with Crippen molar-refractivity contribution in [2.45, 2.75) is 71.2 Å². The van der Waals surface area contributed by atoms with Gasteiger partial charge in [0.15, 0.2) is 14.1 Å². The Morgan fingerprint density at radius 3 is 2.47 bits per heavy atom. The zero-order chi connectivity index (χ0) is 14.5. The number of Topliss-reactive ketones (excluding diaryl/α,β-unsaturated/α-hetero) is 1. The van der Waals surface area contributed by atoms with E-state index in [1.165, 1.54) is 0 Å². The molecule has 1 atom stereocenters. The van der Waals surface area contributed by atoms with Crippen LogP contribution in [0.4, 0.5) is 0 Å². The standard InChI is InChI=1S/C16H28O2Si/c1-6-8-10-14-11-13-16(15(14)17,12-9-7-2)18-19(3,4)5/h10-11,13H,6-9,12H2,1-5H3. The molecule has 0 amide bonds. The van der Waals surface area contributed by atoms with Gasteiger partial charge in [-0.1, -0.05) is 45.3 Å². The van der Waals surface area contributed by atoms with Gasteiger partial charge in [0.2, 0.25) is 0 Å². The van der Waals surface area contributed by atoms with E-state index >= 15 is 0 Å². The molecular weight excluding hydrogens is 252 g/mol. The van der Waals surface area contributed by atoms with Gasteiger partial charge < -0.3 is 4.43 Å². The summed E-state index contributed by atoms with van der Waals surface area (Å²) >= 11 is 0. The minimum atomic E-state index is -1.75.